The molecule has 0 aromatic heterocycles. The number of rotatable bonds is 6. The average molecular weight is 240 g/mol. The first-order valence-corrected chi connectivity index (χ1v) is 6.31. The van der Waals surface area contributed by atoms with Crippen molar-refractivity contribution in [3.05, 3.63) is 0 Å². The number of esters is 2. The summed E-state index contributed by atoms with van der Waals surface area (Å²) in [5, 5.41) is 0. The minimum Gasteiger partial charge on any atom is -0.465 e. The lowest BCUT2D eigenvalue weighted by Gasteiger charge is -2.23. The van der Waals surface area contributed by atoms with Gasteiger partial charge in [-0.1, -0.05) is 13.8 Å². The summed E-state index contributed by atoms with van der Waals surface area (Å²) in [7, 11) is 0. The van der Waals surface area contributed by atoms with E-state index in [1.54, 1.807) is 0 Å². The van der Waals surface area contributed by atoms with Crippen LogP contribution < -0.4 is 0 Å². The molecule has 0 aromatic rings. The molecule has 0 radical (unpaired) electrons. The number of hydrogen-bond donors (Lipinski definition) is 0. The normalized spacial score (nSPS) is 19.9. The lowest BCUT2D eigenvalue weighted by molar-refractivity contribution is -0.154. The molecule has 0 saturated heterocycles. The summed E-state index contributed by atoms with van der Waals surface area (Å²) >= 11 is 0. The lowest BCUT2D eigenvalue weighted by Crippen LogP contribution is -2.29. The van der Waals surface area contributed by atoms with Crippen LogP contribution in [0.15, 0.2) is 0 Å². The van der Waals surface area contributed by atoms with Gasteiger partial charge in [0.25, 0.3) is 0 Å². The van der Waals surface area contributed by atoms with E-state index in [0.717, 1.165) is 25.7 Å². The predicted octanol–water partition coefficient (Wildman–Crippen LogP) is 1.92. The summed E-state index contributed by atoms with van der Waals surface area (Å²) in [6, 6.07) is 0. The monoisotopic (exact) mass is 240 g/mol. The first-order valence-electron chi connectivity index (χ1n) is 6.31. The molecule has 96 valence electrons. The molecule has 0 amide bonds. The summed E-state index contributed by atoms with van der Waals surface area (Å²) < 4.78 is 10.4. The number of carbonyl (C=O) groups is 2. The van der Waals surface area contributed by atoms with Crippen LogP contribution >= 0.6 is 0 Å². The molecule has 4 heteroatoms. The van der Waals surface area contributed by atoms with E-state index in [0.29, 0.717) is 13.2 Å². The second-order valence-electron chi connectivity index (χ2n) is 5.93. The standard InChI is InChI=1S/C13H20O4/c1-13(2,7-16-11(14)9-3-4-9)8-17-12(15)10-5-6-10/h9-10H,3-8H2,1-2H3. The van der Waals surface area contributed by atoms with Crippen molar-refractivity contribution in [2.75, 3.05) is 13.2 Å². The Labute approximate surface area is 102 Å². The van der Waals surface area contributed by atoms with E-state index >= 15 is 0 Å². The first-order chi connectivity index (χ1) is 7.98. The van der Waals surface area contributed by atoms with E-state index in [1.807, 2.05) is 13.8 Å². The highest BCUT2D eigenvalue weighted by Crippen LogP contribution is 2.32. The third-order valence-electron chi connectivity index (χ3n) is 3.03. The van der Waals surface area contributed by atoms with Gasteiger partial charge in [0.15, 0.2) is 0 Å². The molecule has 2 saturated carbocycles. The van der Waals surface area contributed by atoms with Crippen LogP contribution in [-0.4, -0.2) is 25.2 Å². The van der Waals surface area contributed by atoms with Crippen LogP contribution in [0.5, 0.6) is 0 Å². The molecule has 0 unspecified atom stereocenters. The molecular formula is C13H20O4. The smallest absolute Gasteiger partial charge is 0.308 e. The van der Waals surface area contributed by atoms with Crippen molar-refractivity contribution in [1.29, 1.82) is 0 Å². The molecule has 2 fully saturated rings. The van der Waals surface area contributed by atoms with Crippen LogP contribution in [0.3, 0.4) is 0 Å². The number of carbonyl (C=O) groups excluding carboxylic acids is 2. The third kappa shape index (κ3) is 4.02. The van der Waals surface area contributed by atoms with Gasteiger partial charge < -0.3 is 9.47 Å². The average Bonchev–Trinajstić information content (AvgIpc) is 3.14. The van der Waals surface area contributed by atoms with E-state index in [1.165, 1.54) is 0 Å². The summed E-state index contributed by atoms with van der Waals surface area (Å²) in [5.41, 5.74) is -0.297. The molecule has 0 atom stereocenters. The highest BCUT2D eigenvalue weighted by Gasteiger charge is 2.34. The molecule has 0 spiro atoms. The highest BCUT2D eigenvalue weighted by atomic mass is 16.5. The highest BCUT2D eigenvalue weighted by molar-refractivity contribution is 5.75. The van der Waals surface area contributed by atoms with E-state index < -0.39 is 0 Å². The largest absolute Gasteiger partial charge is 0.465 e. The topological polar surface area (TPSA) is 52.6 Å². The fourth-order valence-corrected chi connectivity index (χ4v) is 1.45. The zero-order chi connectivity index (χ0) is 12.5. The van der Waals surface area contributed by atoms with Gasteiger partial charge in [-0.3, -0.25) is 9.59 Å². The Morgan fingerprint density at radius 1 is 0.941 bits per heavy atom. The van der Waals surface area contributed by atoms with Gasteiger partial charge in [-0.2, -0.15) is 0 Å². The summed E-state index contributed by atoms with van der Waals surface area (Å²) in [4.78, 5) is 22.8. The molecule has 0 aromatic carbocycles. The zero-order valence-corrected chi connectivity index (χ0v) is 10.5. The maximum Gasteiger partial charge on any atom is 0.308 e. The quantitative estimate of drug-likeness (QED) is 0.665. The van der Waals surface area contributed by atoms with E-state index in [9.17, 15) is 9.59 Å². The SMILES string of the molecule is CC(C)(COC(=O)C1CC1)COC(=O)C1CC1. The lowest BCUT2D eigenvalue weighted by atomic mass is 9.96. The maximum atomic E-state index is 11.4. The fourth-order valence-electron chi connectivity index (χ4n) is 1.45. The molecule has 2 aliphatic rings. The van der Waals surface area contributed by atoms with Crippen LogP contribution in [0, 0.1) is 17.3 Å². The molecule has 4 nitrogen and oxygen atoms in total. The molecule has 0 aliphatic heterocycles. The second kappa shape index (κ2) is 4.67. The number of hydrogen-bond acceptors (Lipinski definition) is 4. The molecule has 0 bridgehead atoms. The van der Waals surface area contributed by atoms with Gasteiger partial charge in [0.1, 0.15) is 0 Å². The Morgan fingerprint density at radius 2 is 1.29 bits per heavy atom. The minimum atomic E-state index is -0.297. The van der Waals surface area contributed by atoms with Gasteiger partial charge in [-0.15, -0.1) is 0 Å². The molecule has 0 N–H and O–H groups in total. The van der Waals surface area contributed by atoms with Gasteiger partial charge >= 0.3 is 11.9 Å². The summed E-state index contributed by atoms with van der Waals surface area (Å²) in [6.07, 6.45) is 3.82. The van der Waals surface area contributed by atoms with Gasteiger partial charge in [0, 0.05) is 5.41 Å². The molecule has 17 heavy (non-hydrogen) atoms. The van der Waals surface area contributed by atoms with Crippen molar-refractivity contribution in [3.8, 4) is 0 Å². The van der Waals surface area contributed by atoms with Gasteiger partial charge in [0.05, 0.1) is 25.0 Å². The van der Waals surface area contributed by atoms with Crippen molar-refractivity contribution < 1.29 is 19.1 Å². The Balaban J connectivity index is 1.65. The Hall–Kier alpha value is -1.06. The maximum absolute atomic E-state index is 11.4. The predicted molar refractivity (Wildman–Crippen MR) is 61.1 cm³/mol. The number of ether oxygens (including phenoxy) is 2. The van der Waals surface area contributed by atoms with Crippen molar-refractivity contribution in [2.24, 2.45) is 17.3 Å². The van der Waals surface area contributed by atoms with Gasteiger partial charge in [-0.25, -0.2) is 0 Å². The van der Waals surface area contributed by atoms with Crippen LogP contribution in [0.1, 0.15) is 39.5 Å². The van der Waals surface area contributed by atoms with Gasteiger partial charge in [0.2, 0.25) is 0 Å². The second-order valence-corrected chi connectivity index (χ2v) is 5.93. The van der Waals surface area contributed by atoms with E-state index in [4.69, 9.17) is 9.47 Å². The van der Waals surface area contributed by atoms with Crippen LogP contribution in [0.25, 0.3) is 0 Å². The van der Waals surface area contributed by atoms with Gasteiger partial charge in [-0.05, 0) is 25.7 Å². The Kier molecular flexibility index (Phi) is 3.40. The fraction of sp³-hybridized carbons (Fsp3) is 0.846. The Bertz CT molecular complexity index is 283. The summed E-state index contributed by atoms with van der Waals surface area (Å²) in [5.74, 6) is 0.0396. The molecule has 2 aliphatic carbocycles. The van der Waals surface area contributed by atoms with Crippen molar-refractivity contribution >= 4 is 11.9 Å². The third-order valence-corrected chi connectivity index (χ3v) is 3.03. The minimum absolute atomic E-state index is 0.105. The Morgan fingerprint density at radius 3 is 1.59 bits per heavy atom. The van der Waals surface area contributed by atoms with Crippen LogP contribution in [0.4, 0.5) is 0 Å². The zero-order valence-electron chi connectivity index (χ0n) is 10.5. The van der Waals surface area contributed by atoms with Crippen molar-refractivity contribution in [3.63, 3.8) is 0 Å². The van der Waals surface area contributed by atoms with Crippen molar-refractivity contribution in [1.82, 2.24) is 0 Å². The van der Waals surface area contributed by atoms with Crippen molar-refractivity contribution in [2.45, 2.75) is 39.5 Å². The molecular weight excluding hydrogens is 220 g/mol. The van der Waals surface area contributed by atoms with E-state index in [-0.39, 0.29) is 29.2 Å². The first kappa shape index (κ1) is 12.4. The molecule has 0 heterocycles. The molecule has 2 rings (SSSR count). The van der Waals surface area contributed by atoms with Crippen LogP contribution in [0.2, 0.25) is 0 Å². The summed E-state index contributed by atoms with van der Waals surface area (Å²) in [6.45, 7) is 4.52. The van der Waals surface area contributed by atoms with Crippen LogP contribution in [-0.2, 0) is 19.1 Å². The van der Waals surface area contributed by atoms with E-state index in [2.05, 4.69) is 0 Å².